The number of halogens is 1. The summed E-state index contributed by atoms with van der Waals surface area (Å²) in [6, 6.07) is 15.6. The van der Waals surface area contributed by atoms with Gasteiger partial charge in [-0.3, -0.25) is 0 Å². The van der Waals surface area contributed by atoms with Crippen molar-refractivity contribution in [1.82, 2.24) is 10.3 Å². The normalized spacial score (nSPS) is 22.4. The molecule has 3 aromatic rings. The third-order valence-corrected chi connectivity index (χ3v) is 6.96. The topological polar surface area (TPSA) is 72.6 Å². The molecule has 0 aliphatic carbocycles. The third-order valence-electron chi connectivity index (χ3n) is 6.96. The predicted molar refractivity (Wildman–Crippen MR) is 129 cm³/mol. The van der Waals surface area contributed by atoms with Gasteiger partial charge >= 0.3 is 0 Å². The summed E-state index contributed by atoms with van der Waals surface area (Å²) in [5.74, 6) is 1.67. The number of hydrogen-bond donors (Lipinski definition) is 2. The number of fused-ring (bicyclic) bond motifs is 4. The summed E-state index contributed by atoms with van der Waals surface area (Å²) >= 11 is 0. The number of nitrogens with zero attached hydrogens (tertiary/aromatic N) is 2. The van der Waals surface area contributed by atoms with E-state index < -0.39 is 11.4 Å². The number of morpholine rings is 1. The molecule has 6 rings (SSSR count). The van der Waals surface area contributed by atoms with E-state index >= 15 is 0 Å². The van der Waals surface area contributed by atoms with E-state index in [1.54, 1.807) is 12.1 Å². The summed E-state index contributed by atoms with van der Waals surface area (Å²) in [6.45, 7) is 7.14. The Morgan fingerprint density at radius 2 is 1.88 bits per heavy atom. The molecule has 0 radical (unpaired) electrons. The standard InChI is InChI=1S/C27H27FN4O2/c1-26(2)16-32(10-11-33-26)18-6-8-23-21(13-18)27(14-24(29)31-15-27)20-12-17(5-7-22(20)34-23)19-4-3-9-30-25(19)28/h3-9,12-14,31H,10-11,15-16,29H2,1-2H3/t27-/m0/s1. The van der Waals surface area contributed by atoms with Crippen LogP contribution in [0.3, 0.4) is 0 Å². The van der Waals surface area contributed by atoms with Crippen molar-refractivity contribution in [2.45, 2.75) is 24.9 Å². The zero-order valence-electron chi connectivity index (χ0n) is 19.3. The number of nitrogens with two attached hydrogens (primary N) is 1. The molecule has 34 heavy (non-hydrogen) atoms. The van der Waals surface area contributed by atoms with Crippen LogP contribution >= 0.6 is 0 Å². The van der Waals surface area contributed by atoms with Gasteiger partial charge in [-0.25, -0.2) is 4.98 Å². The first kappa shape index (κ1) is 21.0. The van der Waals surface area contributed by atoms with Crippen LogP contribution in [0, 0.1) is 5.95 Å². The molecule has 0 bridgehead atoms. The van der Waals surface area contributed by atoms with Gasteiger partial charge in [0.25, 0.3) is 0 Å². The van der Waals surface area contributed by atoms with Gasteiger partial charge in [0.15, 0.2) is 0 Å². The minimum Gasteiger partial charge on any atom is -0.457 e. The molecule has 1 atom stereocenters. The Bertz CT molecular complexity index is 1320. The van der Waals surface area contributed by atoms with Gasteiger partial charge < -0.3 is 25.4 Å². The molecule has 7 heteroatoms. The van der Waals surface area contributed by atoms with Crippen LogP contribution in [0.15, 0.2) is 66.6 Å². The fourth-order valence-corrected chi connectivity index (χ4v) is 5.34. The lowest BCUT2D eigenvalue weighted by Crippen LogP contribution is -2.48. The average molecular weight is 459 g/mol. The molecule has 1 fully saturated rings. The van der Waals surface area contributed by atoms with Gasteiger partial charge in [0.1, 0.15) is 11.5 Å². The molecule has 1 aromatic heterocycles. The van der Waals surface area contributed by atoms with E-state index in [2.05, 4.69) is 47.3 Å². The molecule has 2 aromatic carbocycles. The maximum atomic E-state index is 14.5. The number of ether oxygens (including phenoxy) is 2. The Hall–Kier alpha value is -3.58. The molecule has 1 spiro atoms. The molecule has 0 unspecified atom stereocenters. The first-order valence-electron chi connectivity index (χ1n) is 11.5. The first-order valence-corrected chi connectivity index (χ1v) is 11.5. The van der Waals surface area contributed by atoms with Crippen molar-refractivity contribution < 1.29 is 13.9 Å². The van der Waals surface area contributed by atoms with Crippen molar-refractivity contribution in [3.8, 4) is 22.6 Å². The molecule has 3 N–H and O–H groups in total. The number of benzene rings is 2. The van der Waals surface area contributed by atoms with Crippen LogP contribution in [0.25, 0.3) is 11.1 Å². The maximum absolute atomic E-state index is 14.5. The van der Waals surface area contributed by atoms with Gasteiger partial charge in [-0.1, -0.05) is 6.07 Å². The zero-order chi connectivity index (χ0) is 23.5. The Morgan fingerprint density at radius 3 is 2.62 bits per heavy atom. The van der Waals surface area contributed by atoms with Crippen molar-refractivity contribution in [3.05, 3.63) is 83.7 Å². The van der Waals surface area contributed by atoms with Gasteiger partial charge in [-0.05, 0) is 68.0 Å². The summed E-state index contributed by atoms with van der Waals surface area (Å²) in [4.78, 5) is 6.17. The Kier molecular flexibility index (Phi) is 4.61. The second-order valence-corrected chi connectivity index (χ2v) is 9.79. The lowest BCUT2D eigenvalue weighted by Gasteiger charge is -2.41. The largest absolute Gasteiger partial charge is 0.457 e. The zero-order valence-corrected chi connectivity index (χ0v) is 19.3. The third kappa shape index (κ3) is 3.30. The molecule has 174 valence electrons. The molecular formula is C27H27FN4O2. The maximum Gasteiger partial charge on any atom is 0.220 e. The van der Waals surface area contributed by atoms with Gasteiger partial charge in [0.05, 0.1) is 23.4 Å². The number of nitrogens with one attached hydrogen (secondary N) is 1. The lowest BCUT2D eigenvalue weighted by atomic mass is 9.72. The summed E-state index contributed by atoms with van der Waals surface area (Å²) in [6.07, 6.45) is 3.51. The molecule has 6 nitrogen and oxygen atoms in total. The van der Waals surface area contributed by atoms with Crippen molar-refractivity contribution in [2.24, 2.45) is 5.73 Å². The number of pyridine rings is 1. The minimum absolute atomic E-state index is 0.211. The van der Waals surface area contributed by atoms with Crippen LogP contribution in [0.1, 0.15) is 25.0 Å². The van der Waals surface area contributed by atoms with Crippen LogP contribution < -0.4 is 20.7 Å². The van der Waals surface area contributed by atoms with Crippen LogP contribution in [-0.4, -0.2) is 36.8 Å². The van der Waals surface area contributed by atoms with E-state index in [-0.39, 0.29) is 5.60 Å². The highest BCUT2D eigenvalue weighted by atomic mass is 19.1. The van der Waals surface area contributed by atoms with Gasteiger partial charge in [-0.2, -0.15) is 4.39 Å². The first-order chi connectivity index (χ1) is 16.3. The lowest BCUT2D eigenvalue weighted by molar-refractivity contribution is -0.0276. The number of rotatable bonds is 2. The number of aromatic nitrogens is 1. The average Bonchev–Trinajstić information content (AvgIpc) is 3.21. The van der Waals surface area contributed by atoms with E-state index in [1.165, 1.54) is 6.20 Å². The van der Waals surface area contributed by atoms with E-state index in [1.807, 2.05) is 24.3 Å². The molecule has 0 amide bonds. The molecule has 3 aliphatic rings. The minimum atomic E-state index is -0.528. The molecule has 3 aliphatic heterocycles. The van der Waals surface area contributed by atoms with Gasteiger partial charge in [0, 0.05) is 48.2 Å². The second-order valence-electron chi connectivity index (χ2n) is 9.79. The van der Waals surface area contributed by atoms with Crippen LogP contribution in [0.5, 0.6) is 11.5 Å². The monoisotopic (exact) mass is 458 g/mol. The summed E-state index contributed by atoms with van der Waals surface area (Å²) < 4.78 is 26.8. The van der Waals surface area contributed by atoms with E-state index in [0.717, 1.165) is 47.0 Å². The highest BCUT2D eigenvalue weighted by Gasteiger charge is 2.44. The van der Waals surface area contributed by atoms with E-state index in [4.69, 9.17) is 15.2 Å². The fourth-order valence-electron chi connectivity index (χ4n) is 5.34. The number of anilines is 1. The Labute approximate surface area is 198 Å². The van der Waals surface area contributed by atoms with Gasteiger partial charge in [0.2, 0.25) is 5.95 Å². The van der Waals surface area contributed by atoms with Crippen LogP contribution in [-0.2, 0) is 10.2 Å². The Balaban J connectivity index is 1.49. The van der Waals surface area contributed by atoms with E-state index in [9.17, 15) is 4.39 Å². The molecule has 0 saturated carbocycles. The van der Waals surface area contributed by atoms with Crippen LogP contribution in [0.2, 0.25) is 0 Å². The van der Waals surface area contributed by atoms with Crippen LogP contribution in [0.4, 0.5) is 10.1 Å². The van der Waals surface area contributed by atoms with Gasteiger partial charge in [-0.15, -0.1) is 0 Å². The predicted octanol–water partition coefficient (Wildman–Crippen LogP) is 4.30. The van der Waals surface area contributed by atoms with Crippen molar-refractivity contribution in [2.75, 3.05) is 31.1 Å². The quantitative estimate of drug-likeness (QED) is 0.558. The Morgan fingerprint density at radius 1 is 1.09 bits per heavy atom. The van der Waals surface area contributed by atoms with Crippen molar-refractivity contribution in [3.63, 3.8) is 0 Å². The van der Waals surface area contributed by atoms with E-state index in [0.29, 0.717) is 24.5 Å². The highest BCUT2D eigenvalue weighted by Crippen LogP contribution is 2.52. The van der Waals surface area contributed by atoms with Crippen molar-refractivity contribution >= 4 is 5.69 Å². The molecule has 1 saturated heterocycles. The summed E-state index contributed by atoms with van der Waals surface area (Å²) in [5, 5.41) is 3.31. The summed E-state index contributed by atoms with van der Waals surface area (Å²) in [5.41, 5.74) is 9.84. The smallest absolute Gasteiger partial charge is 0.220 e. The number of hydrogen-bond acceptors (Lipinski definition) is 6. The highest BCUT2D eigenvalue weighted by molar-refractivity contribution is 5.72. The molecule has 4 heterocycles. The SMILES string of the molecule is CC1(C)CN(c2ccc3c(c2)[C@]2(C=C(N)NC2)c2cc(-c4cccnc4F)ccc2O3)CCO1. The fraction of sp³-hybridized carbons (Fsp3) is 0.296. The summed E-state index contributed by atoms with van der Waals surface area (Å²) in [7, 11) is 0. The van der Waals surface area contributed by atoms with Crippen molar-refractivity contribution in [1.29, 1.82) is 0 Å². The second kappa shape index (κ2) is 7.46. The molecular weight excluding hydrogens is 431 g/mol.